The van der Waals surface area contributed by atoms with Crippen LogP contribution in [0.25, 0.3) is 0 Å². The van der Waals surface area contributed by atoms with Crippen molar-refractivity contribution in [2.75, 3.05) is 5.32 Å². The Labute approximate surface area is 113 Å². The topological polar surface area (TPSA) is 46.9 Å². The Morgan fingerprint density at radius 2 is 2.06 bits per heavy atom. The SMILES string of the molecule is CC(Cl)CC(C)Nc1nccn(C(C)(C)C)c1=O. The summed E-state index contributed by atoms with van der Waals surface area (Å²) >= 11 is 5.94. The molecule has 0 saturated heterocycles. The fraction of sp³-hybridized carbons (Fsp3) is 0.692. The van der Waals surface area contributed by atoms with Gasteiger partial charge in [0.1, 0.15) is 0 Å². The zero-order chi connectivity index (χ0) is 13.9. The highest BCUT2D eigenvalue weighted by atomic mass is 35.5. The van der Waals surface area contributed by atoms with Gasteiger partial charge >= 0.3 is 0 Å². The lowest BCUT2D eigenvalue weighted by Gasteiger charge is -2.23. The predicted octanol–water partition coefficient (Wildman–Crippen LogP) is 2.82. The normalized spacial score (nSPS) is 15.2. The third-order valence-corrected chi connectivity index (χ3v) is 2.80. The van der Waals surface area contributed by atoms with Gasteiger partial charge in [-0.15, -0.1) is 11.6 Å². The van der Waals surface area contributed by atoms with Gasteiger partial charge in [-0.1, -0.05) is 0 Å². The monoisotopic (exact) mass is 271 g/mol. The lowest BCUT2D eigenvalue weighted by Crippen LogP contribution is -2.36. The smallest absolute Gasteiger partial charge is 0.293 e. The van der Waals surface area contributed by atoms with E-state index in [4.69, 9.17) is 11.6 Å². The zero-order valence-electron chi connectivity index (χ0n) is 11.7. The summed E-state index contributed by atoms with van der Waals surface area (Å²) in [5.74, 6) is 0.386. The van der Waals surface area contributed by atoms with Crippen LogP contribution in [-0.4, -0.2) is 21.0 Å². The van der Waals surface area contributed by atoms with Gasteiger partial charge in [-0.2, -0.15) is 0 Å². The van der Waals surface area contributed by atoms with Crippen molar-refractivity contribution in [2.24, 2.45) is 0 Å². The van der Waals surface area contributed by atoms with Crippen LogP contribution < -0.4 is 10.9 Å². The van der Waals surface area contributed by atoms with Crippen LogP contribution in [0.3, 0.4) is 0 Å². The zero-order valence-corrected chi connectivity index (χ0v) is 12.5. The van der Waals surface area contributed by atoms with Crippen LogP contribution in [0.2, 0.25) is 0 Å². The van der Waals surface area contributed by atoms with E-state index in [1.807, 2.05) is 34.6 Å². The van der Waals surface area contributed by atoms with Gasteiger partial charge in [-0.05, 0) is 41.0 Å². The molecule has 1 heterocycles. The molecule has 0 spiro atoms. The van der Waals surface area contributed by atoms with Crippen molar-refractivity contribution >= 4 is 17.4 Å². The third-order valence-electron chi connectivity index (χ3n) is 2.62. The Balaban J connectivity index is 2.95. The summed E-state index contributed by atoms with van der Waals surface area (Å²) in [6.45, 7) is 9.90. The quantitative estimate of drug-likeness (QED) is 0.857. The van der Waals surface area contributed by atoms with Gasteiger partial charge < -0.3 is 9.88 Å². The van der Waals surface area contributed by atoms with E-state index >= 15 is 0 Å². The van der Waals surface area contributed by atoms with Crippen LogP contribution in [-0.2, 0) is 5.54 Å². The van der Waals surface area contributed by atoms with Gasteiger partial charge in [0.15, 0.2) is 5.82 Å². The average Bonchev–Trinajstić information content (AvgIpc) is 2.18. The molecule has 2 atom stereocenters. The molecule has 0 bridgehead atoms. The molecule has 1 aromatic rings. The van der Waals surface area contributed by atoms with Crippen molar-refractivity contribution < 1.29 is 0 Å². The molecule has 2 unspecified atom stereocenters. The fourth-order valence-corrected chi connectivity index (χ4v) is 2.09. The highest BCUT2D eigenvalue weighted by Crippen LogP contribution is 2.12. The molecule has 0 aliphatic carbocycles. The predicted molar refractivity (Wildman–Crippen MR) is 76.5 cm³/mol. The maximum Gasteiger partial charge on any atom is 0.293 e. The van der Waals surface area contributed by atoms with E-state index in [9.17, 15) is 4.79 Å². The molecular formula is C13H22ClN3O. The van der Waals surface area contributed by atoms with Gasteiger partial charge in [0.2, 0.25) is 0 Å². The molecule has 0 aliphatic heterocycles. The first kappa shape index (κ1) is 15.0. The molecule has 5 heteroatoms. The maximum atomic E-state index is 12.2. The first-order chi connectivity index (χ1) is 8.21. The van der Waals surface area contributed by atoms with Gasteiger partial charge in [0.05, 0.1) is 0 Å². The number of hydrogen-bond donors (Lipinski definition) is 1. The van der Waals surface area contributed by atoms with Crippen molar-refractivity contribution in [1.29, 1.82) is 0 Å². The number of hydrogen-bond acceptors (Lipinski definition) is 3. The van der Waals surface area contributed by atoms with E-state index in [1.165, 1.54) is 0 Å². The van der Waals surface area contributed by atoms with E-state index in [0.717, 1.165) is 6.42 Å². The summed E-state index contributed by atoms with van der Waals surface area (Å²) in [7, 11) is 0. The minimum Gasteiger partial charge on any atom is -0.363 e. The fourth-order valence-electron chi connectivity index (χ4n) is 1.82. The van der Waals surface area contributed by atoms with Crippen LogP contribution in [0, 0.1) is 0 Å². The van der Waals surface area contributed by atoms with Gasteiger partial charge in [0.25, 0.3) is 5.56 Å². The van der Waals surface area contributed by atoms with Gasteiger partial charge in [-0.3, -0.25) is 4.79 Å². The highest BCUT2D eigenvalue weighted by Gasteiger charge is 2.17. The van der Waals surface area contributed by atoms with Crippen LogP contribution in [0.15, 0.2) is 17.2 Å². The Hall–Kier alpha value is -1.03. The van der Waals surface area contributed by atoms with Gasteiger partial charge in [-0.25, -0.2) is 4.98 Å². The molecular weight excluding hydrogens is 250 g/mol. The van der Waals surface area contributed by atoms with Crippen LogP contribution >= 0.6 is 11.6 Å². The summed E-state index contributed by atoms with van der Waals surface area (Å²) in [4.78, 5) is 16.4. The summed E-state index contributed by atoms with van der Waals surface area (Å²) < 4.78 is 1.68. The maximum absolute atomic E-state index is 12.2. The lowest BCUT2D eigenvalue weighted by atomic mass is 10.1. The molecule has 102 valence electrons. The van der Waals surface area contributed by atoms with E-state index in [2.05, 4.69) is 10.3 Å². The van der Waals surface area contributed by atoms with Crippen molar-refractivity contribution in [2.45, 2.75) is 58.0 Å². The molecule has 18 heavy (non-hydrogen) atoms. The van der Waals surface area contributed by atoms with E-state index in [1.54, 1.807) is 17.0 Å². The molecule has 4 nitrogen and oxygen atoms in total. The largest absolute Gasteiger partial charge is 0.363 e. The molecule has 1 N–H and O–H groups in total. The Kier molecular flexibility index (Phi) is 4.79. The second kappa shape index (κ2) is 5.74. The van der Waals surface area contributed by atoms with E-state index in [-0.39, 0.29) is 22.5 Å². The second-order valence-corrected chi connectivity index (χ2v) is 6.43. The van der Waals surface area contributed by atoms with Crippen LogP contribution in [0.4, 0.5) is 5.82 Å². The lowest BCUT2D eigenvalue weighted by molar-refractivity contribution is 0.383. The Morgan fingerprint density at radius 1 is 1.44 bits per heavy atom. The minimum absolute atomic E-state index is 0.0704. The number of aromatic nitrogens is 2. The number of halogens is 1. The Morgan fingerprint density at radius 3 is 2.56 bits per heavy atom. The number of anilines is 1. The standard InChI is InChI=1S/C13H22ClN3O/c1-9(14)8-10(2)16-11-12(18)17(7-6-15-11)13(3,4)5/h6-7,9-10H,8H2,1-5H3,(H,15,16). The molecule has 0 aromatic carbocycles. The van der Waals surface area contributed by atoms with E-state index in [0.29, 0.717) is 5.82 Å². The molecule has 1 aromatic heterocycles. The second-order valence-electron chi connectivity index (χ2n) is 5.68. The molecule has 0 saturated carbocycles. The molecule has 0 radical (unpaired) electrons. The number of nitrogens with zero attached hydrogens (tertiary/aromatic N) is 2. The van der Waals surface area contributed by atoms with Crippen molar-refractivity contribution in [1.82, 2.24) is 9.55 Å². The van der Waals surface area contributed by atoms with Crippen molar-refractivity contribution in [3.05, 3.63) is 22.7 Å². The molecule has 0 aliphatic rings. The van der Waals surface area contributed by atoms with Gasteiger partial charge in [0, 0.05) is 29.4 Å². The summed E-state index contributed by atoms with van der Waals surface area (Å²) in [6, 6.07) is 0.119. The number of nitrogens with one attached hydrogen (secondary N) is 1. The number of rotatable bonds is 4. The third kappa shape index (κ3) is 4.02. The molecule has 1 rings (SSSR count). The van der Waals surface area contributed by atoms with Crippen LogP contribution in [0.1, 0.15) is 41.0 Å². The Bertz CT molecular complexity index is 448. The summed E-state index contributed by atoms with van der Waals surface area (Å²) in [6.07, 6.45) is 4.14. The number of alkyl halides is 1. The minimum atomic E-state index is -0.251. The highest BCUT2D eigenvalue weighted by molar-refractivity contribution is 6.20. The molecule has 0 fully saturated rings. The summed E-state index contributed by atoms with van der Waals surface area (Å²) in [5, 5.41) is 3.20. The first-order valence-electron chi connectivity index (χ1n) is 6.20. The van der Waals surface area contributed by atoms with Crippen molar-refractivity contribution in [3.8, 4) is 0 Å². The van der Waals surface area contributed by atoms with Crippen LogP contribution in [0.5, 0.6) is 0 Å². The molecule has 0 amide bonds. The average molecular weight is 272 g/mol. The van der Waals surface area contributed by atoms with E-state index < -0.39 is 0 Å². The summed E-state index contributed by atoms with van der Waals surface area (Å²) in [5.41, 5.74) is -0.349. The van der Waals surface area contributed by atoms with Crippen molar-refractivity contribution in [3.63, 3.8) is 0 Å². The first-order valence-corrected chi connectivity index (χ1v) is 6.64.